The second kappa shape index (κ2) is 8.57. The minimum atomic E-state index is 0.887. The van der Waals surface area contributed by atoms with Gasteiger partial charge in [-0.1, -0.05) is 72.8 Å². The topological polar surface area (TPSA) is 35.9 Å². The van der Waals surface area contributed by atoms with Crippen molar-refractivity contribution in [2.75, 3.05) is 0 Å². The van der Waals surface area contributed by atoms with Crippen LogP contribution in [0.5, 0.6) is 0 Å². The molecule has 5 aromatic carbocycles. The lowest BCUT2D eigenvalue weighted by atomic mass is 10.1. The van der Waals surface area contributed by atoms with Gasteiger partial charge in [0, 0.05) is 38.5 Å². The molecule has 0 saturated heterocycles. The van der Waals surface area contributed by atoms with E-state index >= 15 is 0 Å². The van der Waals surface area contributed by atoms with Crippen molar-refractivity contribution < 1.29 is 4.42 Å². The number of hydrogen-bond acceptors (Lipinski definition) is 2. The summed E-state index contributed by atoms with van der Waals surface area (Å²) in [4.78, 5) is 5.08. The molecule has 3 aromatic heterocycles. The molecule has 1 aliphatic rings. The van der Waals surface area contributed by atoms with Gasteiger partial charge in [0.1, 0.15) is 17.0 Å². The van der Waals surface area contributed by atoms with E-state index in [9.17, 15) is 0 Å². The SMILES string of the molecule is C1=Cc2nc(-c3ccccc3)n(-c3ccc4oc5ccc(-n6c7ccccc7c7ccccc76)cc5c4c3)c2CC1. The summed E-state index contributed by atoms with van der Waals surface area (Å²) in [5, 5.41) is 4.73. The Bertz CT molecular complexity index is 2260. The first kappa shape index (κ1) is 22.5. The maximum Gasteiger partial charge on any atom is 0.145 e. The molecular weight excluding hydrogens is 502 g/mol. The molecule has 0 radical (unpaired) electrons. The van der Waals surface area contributed by atoms with E-state index in [1.165, 1.54) is 27.5 Å². The molecule has 0 N–H and O–H groups in total. The molecule has 0 amide bonds. The Labute approximate surface area is 236 Å². The van der Waals surface area contributed by atoms with Crippen molar-refractivity contribution in [3.8, 4) is 22.8 Å². The zero-order valence-corrected chi connectivity index (χ0v) is 22.3. The number of rotatable bonds is 3. The fourth-order valence-corrected chi connectivity index (χ4v) is 6.55. The van der Waals surface area contributed by atoms with E-state index in [-0.39, 0.29) is 0 Å². The lowest BCUT2D eigenvalue weighted by Crippen LogP contribution is -2.04. The summed E-state index contributed by atoms with van der Waals surface area (Å²) in [6, 6.07) is 40.8. The lowest BCUT2D eigenvalue weighted by Gasteiger charge is -2.14. The van der Waals surface area contributed by atoms with Crippen LogP contribution in [0, 0.1) is 0 Å². The minimum Gasteiger partial charge on any atom is -0.456 e. The number of furan rings is 1. The number of fused-ring (bicyclic) bond motifs is 7. The third kappa shape index (κ3) is 3.31. The highest BCUT2D eigenvalue weighted by Crippen LogP contribution is 2.37. The molecule has 0 spiro atoms. The number of benzene rings is 5. The van der Waals surface area contributed by atoms with Gasteiger partial charge in [0.15, 0.2) is 0 Å². The smallest absolute Gasteiger partial charge is 0.145 e. The fraction of sp³-hybridized carbons (Fsp3) is 0.0541. The molecule has 0 saturated carbocycles. The Balaban J connectivity index is 1.28. The molecule has 0 atom stereocenters. The van der Waals surface area contributed by atoms with Crippen molar-refractivity contribution in [2.45, 2.75) is 12.8 Å². The van der Waals surface area contributed by atoms with Crippen molar-refractivity contribution >= 4 is 49.8 Å². The molecule has 3 heterocycles. The maximum atomic E-state index is 6.35. The van der Waals surface area contributed by atoms with Crippen molar-refractivity contribution in [1.82, 2.24) is 14.1 Å². The maximum absolute atomic E-state index is 6.35. The number of hydrogen-bond donors (Lipinski definition) is 0. The highest BCUT2D eigenvalue weighted by atomic mass is 16.3. The average Bonchev–Trinajstić information content (AvgIpc) is 3.70. The van der Waals surface area contributed by atoms with Crippen LogP contribution in [0.4, 0.5) is 0 Å². The normalized spacial score (nSPS) is 13.1. The Kier molecular flexibility index (Phi) is 4.70. The molecular formula is C37H25N3O. The van der Waals surface area contributed by atoms with E-state index < -0.39 is 0 Å². The van der Waals surface area contributed by atoms with Gasteiger partial charge < -0.3 is 8.98 Å². The van der Waals surface area contributed by atoms with Crippen LogP contribution in [0.2, 0.25) is 0 Å². The van der Waals surface area contributed by atoms with Gasteiger partial charge in [-0.15, -0.1) is 0 Å². The van der Waals surface area contributed by atoms with Crippen LogP contribution in [0.3, 0.4) is 0 Å². The number of aromatic nitrogens is 3. The number of para-hydroxylation sites is 2. The van der Waals surface area contributed by atoms with Gasteiger partial charge in [-0.3, -0.25) is 4.57 Å². The van der Waals surface area contributed by atoms with Crippen LogP contribution in [-0.2, 0) is 6.42 Å². The van der Waals surface area contributed by atoms with Crippen LogP contribution in [0.25, 0.3) is 72.6 Å². The van der Waals surface area contributed by atoms with E-state index in [2.05, 4.69) is 137 Å². The molecule has 1 aliphatic carbocycles. The molecule has 4 heteroatoms. The van der Waals surface area contributed by atoms with E-state index in [4.69, 9.17) is 9.40 Å². The van der Waals surface area contributed by atoms with Crippen LogP contribution in [0.1, 0.15) is 17.8 Å². The third-order valence-electron chi connectivity index (χ3n) is 8.39. The second-order valence-corrected chi connectivity index (χ2v) is 10.7. The van der Waals surface area contributed by atoms with Gasteiger partial charge in [-0.2, -0.15) is 0 Å². The summed E-state index contributed by atoms with van der Waals surface area (Å²) in [7, 11) is 0. The van der Waals surface area contributed by atoms with Gasteiger partial charge in [0.05, 0.1) is 22.4 Å². The van der Waals surface area contributed by atoms with E-state index in [0.29, 0.717) is 0 Å². The van der Waals surface area contributed by atoms with Gasteiger partial charge in [-0.25, -0.2) is 4.98 Å². The molecule has 9 rings (SSSR count). The number of nitrogens with zero attached hydrogens (tertiary/aromatic N) is 3. The lowest BCUT2D eigenvalue weighted by molar-refractivity contribution is 0.668. The van der Waals surface area contributed by atoms with Crippen molar-refractivity contribution in [1.29, 1.82) is 0 Å². The Hall–Kier alpha value is -5.35. The summed E-state index contributed by atoms with van der Waals surface area (Å²) in [6.07, 6.45) is 6.36. The Morgan fingerprint density at radius 3 is 1.88 bits per heavy atom. The molecule has 0 aliphatic heterocycles. The first-order valence-electron chi connectivity index (χ1n) is 14.1. The van der Waals surface area contributed by atoms with Crippen LogP contribution >= 0.6 is 0 Å². The van der Waals surface area contributed by atoms with E-state index in [1.54, 1.807) is 0 Å². The summed E-state index contributed by atoms with van der Waals surface area (Å²) in [6.45, 7) is 0. The minimum absolute atomic E-state index is 0.887. The molecule has 0 bridgehead atoms. The standard InChI is InChI=1S/C37H25N3O/c1-2-10-24(11-3-1)37-38-31-14-6-9-17-34(31)40(37)26-19-21-36-30(23-26)29-22-25(18-20-35(29)41-36)39-32-15-7-4-12-27(32)28-13-5-8-16-33(28)39/h1-8,10-16,18-23H,9,17H2. The largest absolute Gasteiger partial charge is 0.456 e. The summed E-state index contributed by atoms with van der Waals surface area (Å²) in [5.41, 5.74) is 9.83. The first-order chi connectivity index (χ1) is 20.3. The van der Waals surface area contributed by atoms with Gasteiger partial charge in [0.2, 0.25) is 0 Å². The first-order valence-corrected chi connectivity index (χ1v) is 14.1. The molecule has 41 heavy (non-hydrogen) atoms. The predicted octanol–water partition coefficient (Wildman–Crippen LogP) is 9.50. The van der Waals surface area contributed by atoms with Gasteiger partial charge in [-0.05, 0) is 67.4 Å². The third-order valence-corrected chi connectivity index (χ3v) is 8.39. The van der Waals surface area contributed by atoms with Gasteiger partial charge in [0.25, 0.3) is 0 Å². The molecule has 4 nitrogen and oxygen atoms in total. The predicted molar refractivity (Wildman–Crippen MR) is 168 cm³/mol. The Morgan fingerprint density at radius 1 is 0.585 bits per heavy atom. The van der Waals surface area contributed by atoms with Crippen molar-refractivity contribution in [3.63, 3.8) is 0 Å². The van der Waals surface area contributed by atoms with Crippen molar-refractivity contribution in [2.24, 2.45) is 0 Å². The molecule has 0 fully saturated rings. The zero-order chi connectivity index (χ0) is 26.9. The summed E-state index contributed by atoms with van der Waals surface area (Å²) >= 11 is 0. The number of imidazole rings is 1. The fourth-order valence-electron chi connectivity index (χ4n) is 6.55. The Morgan fingerprint density at radius 2 is 1.20 bits per heavy atom. The average molecular weight is 528 g/mol. The summed E-state index contributed by atoms with van der Waals surface area (Å²) in [5.74, 6) is 0.972. The van der Waals surface area contributed by atoms with Crippen LogP contribution in [0.15, 0.2) is 126 Å². The second-order valence-electron chi connectivity index (χ2n) is 10.7. The van der Waals surface area contributed by atoms with E-state index in [1.807, 2.05) is 0 Å². The number of allylic oxidation sites excluding steroid dienone is 1. The highest BCUT2D eigenvalue weighted by molar-refractivity contribution is 6.10. The van der Waals surface area contributed by atoms with Crippen molar-refractivity contribution in [3.05, 3.63) is 133 Å². The van der Waals surface area contributed by atoms with E-state index in [0.717, 1.165) is 63.2 Å². The molecule has 8 aromatic rings. The van der Waals surface area contributed by atoms with Crippen LogP contribution < -0.4 is 0 Å². The van der Waals surface area contributed by atoms with Crippen LogP contribution in [-0.4, -0.2) is 14.1 Å². The molecule has 0 unspecified atom stereocenters. The quantitative estimate of drug-likeness (QED) is 0.229. The molecule has 194 valence electrons. The highest BCUT2D eigenvalue weighted by Gasteiger charge is 2.21. The monoisotopic (exact) mass is 527 g/mol. The van der Waals surface area contributed by atoms with Gasteiger partial charge >= 0.3 is 0 Å². The summed E-state index contributed by atoms with van der Waals surface area (Å²) < 4.78 is 11.1. The zero-order valence-electron chi connectivity index (χ0n) is 22.3.